The van der Waals surface area contributed by atoms with Gasteiger partial charge in [-0.05, 0) is 23.6 Å². The zero-order chi connectivity index (χ0) is 16.4. The summed E-state index contributed by atoms with van der Waals surface area (Å²) in [5.74, 6) is 2.54. The van der Waals surface area contributed by atoms with Gasteiger partial charge in [0.25, 0.3) is 5.89 Å². The first-order valence-corrected chi connectivity index (χ1v) is 9.02. The second-order valence-corrected chi connectivity index (χ2v) is 6.64. The molecule has 0 spiro atoms. The van der Waals surface area contributed by atoms with Crippen LogP contribution in [0.4, 0.5) is 0 Å². The molecule has 0 N–H and O–H groups in total. The van der Waals surface area contributed by atoms with Crippen LogP contribution in [-0.4, -0.2) is 29.9 Å². The Balaban J connectivity index is 1.48. The maximum atomic E-state index is 5.28. The number of rotatable bonds is 5. The summed E-state index contributed by atoms with van der Waals surface area (Å²) >= 11 is 3.12. The lowest BCUT2D eigenvalue weighted by Gasteiger charge is -2.02. The standard InChI is InChI=1S/C15H12N6OS2/c1-21-13(10-2-5-16-6-3-10)18-19-15(21)24-9-12-17-14(22-20-12)11-4-7-23-8-11/h2-8H,9H2,1H3. The first kappa shape index (κ1) is 15.0. The van der Waals surface area contributed by atoms with Crippen molar-refractivity contribution >= 4 is 23.1 Å². The summed E-state index contributed by atoms with van der Waals surface area (Å²) in [6, 6.07) is 5.77. The predicted molar refractivity (Wildman–Crippen MR) is 91.4 cm³/mol. The average molecular weight is 356 g/mol. The van der Waals surface area contributed by atoms with Crippen LogP contribution in [-0.2, 0) is 12.8 Å². The first-order valence-electron chi connectivity index (χ1n) is 7.09. The van der Waals surface area contributed by atoms with Gasteiger partial charge >= 0.3 is 0 Å². The normalized spacial score (nSPS) is 11.0. The van der Waals surface area contributed by atoms with Crippen molar-refractivity contribution in [3.05, 3.63) is 47.2 Å². The molecule has 0 aliphatic carbocycles. The van der Waals surface area contributed by atoms with Gasteiger partial charge < -0.3 is 9.09 Å². The topological polar surface area (TPSA) is 82.5 Å². The van der Waals surface area contributed by atoms with Crippen LogP contribution in [0.1, 0.15) is 5.82 Å². The third kappa shape index (κ3) is 2.95. The van der Waals surface area contributed by atoms with E-state index in [0.717, 1.165) is 22.1 Å². The van der Waals surface area contributed by atoms with Crippen LogP contribution in [0.2, 0.25) is 0 Å². The summed E-state index contributed by atoms with van der Waals surface area (Å²) in [5, 5.41) is 17.2. The summed E-state index contributed by atoms with van der Waals surface area (Å²) in [6.07, 6.45) is 3.48. The highest BCUT2D eigenvalue weighted by atomic mass is 32.2. The summed E-state index contributed by atoms with van der Waals surface area (Å²) in [5.41, 5.74) is 1.92. The van der Waals surface area contributed by atoms with Crippen LogP contribution in [0.3, 0.4) is 0 Å². The Kier molecular flexibility index (Phi) is 4.09. The van der Waals surface area contributed by atoms with Crippen LogP contribution in [0.5, 0.6) is 0 Å². The van der Waals surface area contributed by atoms with Gasteiger partial charge in [0.15, 0.2) is 16.8 Å². The number of thioether (sulfide) groups is 1. The van der Waals surface area contributed by atoms with E-state index in [-0.39, 0.29) is 0 Å². The molecule has 0 unspecified atom stereocenters. The Hall–Kier alpha value is -2.52. The zero-order valence-electron chi connectivity index (χ0n) is 12.7. The van der Waals surface area contributed by atoms with Gasteiger partial charge in [-0.1, -0.05) is 16.9 Å². The van der Waals surface area contributed by atoms with Gasteiger partial charge in [-0.25, -0.2) is 0 Å². The van der Waals surface area contributed by atoms with E-state index >= 15 is 0 Å². The number of pyridine rings is 1. The van der Waals surface area contributed by atoms with Gasteiger partial charge in [0.1, 0.15) is 0 Å². The molecule has 0 radical (unpaired) electrons. The van der Waals surface area contributed by atoms with Crippen molar-refractivity contribution in [3.8, 4) is 22.8 Å². The van der Waals surface area contributed by atoms with Crippen molar-refractivity contribution < 1.29 is 4.52 Å². The van der Waals surface area contributed by atoms with E-state index in [1.807, 2.05) is 40.6 Å². The molecule has 120 valence electrons. The number of nitrogens with zero attached hydrogens (tertiary/aromatic N) is 6. The predicted octanol–water partition coefficient (Wildman–Crippen LogP) is 3.28. The molecule has 24 heavy (non-hydrogen) atoms. The lowest BCUT2D eigenvalue weighted by molar-refractivity contribution is 0.425. The number of hydrogen-bond donors (Lipinski definition) is 0. The molecule has 9 heteroatoms. The fourth-order valence-corrected chi connectivity index (χ4v) is 3.52. The Morgan fingerprint density at radius 2 is 2.04 bits per heavy atom. The molecule has 0 bridgehead atoms. The zero-order valence-corrected chi connectivity index (χ0v) is 14.3. The Morgan fingerprint density at radius 3 is 2.83 bits per heavy atom. The molecular weight excluding hydrogens is 344 g/mol. The van der Waals surface area contributed by atoms with Crippen LogP contribution in [0.25, 0.3) is 22.8 Å². The maximum absolute atomic E-state index is 5.28. The molecule has 0 aliphatic rings. The fraction of sp³-hybridized carbons (Fsp3) is 0.133. The van der Waals surface area contributed by atoms with Crippen molar-refractivity contribution in [2.24, 2.45) is 7.05 Å². The monoisotopic (exact) mass is 356 g/mol. The minimum absolute atomic E-state index is 0.544. The van der Waals surface area contributed by atoms with Gasteiger partial charge in [-0.15, -0.1) is 10.2 Å². The van der Waals surface area contributed by atoms with Crippen molar-refractivity contribution in [2.45, 2.75) is 10.9 Å². The fourth-order valence-electron chi connectivity index (χ4n) is 2.14. The Morgan fingerprint density at radius 1 is 1.17 bits per heavy atom. The second kappa shape index (κ2) is 6.54. The first-order chi connectivity index (χ1) is 11.8. The van der Waals surface area contributed by atoms with Gasteiger partial charge in [-0.2, -0.15) is 16.3 Å². The van der Waals surface area contributed by atoms with Gasteiger partial charge in [0.05, 0.1) is 11.3 Å². The van der Waals surface area contributed by atoms with Crippen LogP contribution < -0.4 is 0 Å². The Bertz CT molecular complexity index is 932. The molecule has 4 aromatic rings. The number of hydrogen-bond acceptors (Lipinski definition) is 8. The molecule has 7 nitrogen and oxygen atoms in total. The van der Waals surface area contributed by atoms with E-state index in [0.29, 0.717) is 17.5 Å². The second-order valence-electron chi connectivity index (χ2n) is 4.92. The molecule has 0 amide bonds. The lowest BCUT2D eigenvalue weighted by Crippen LogP contribution is -1.95. The van der Waals surface area contributed by atoms with E-state index in [1.54, 1.807) is 23.7 Å². The van der Waals surface area contributed by atoms with Crippen molar-refractivity contribution in [1.82, 2.24) is 29.9 Å². The van der Waals surface area contributed by atoms with Crippen LogP contribution in [0.15, 0.2) is 51.0 Å². The third-order valence-electron chi connectivity index (χ3n) is 3.34. The molecule has 0 atom stereocenters. The lowest BCUT2D eigenvalue weighted by atomic mass is 10.2. The van der Waals surface area contributed by atoms with Gasteiger partial charge in [0.2, 0.25) is 0 Å². The van der Waals surface area contributed by atoms with E-state index in [2.05, 4.69) is 25.3 Å². The van der Waals surface area contributed by atoms with E-state index in [1.165, 1.54) is 11.8 Å². The highest BCUT2D eigenvalue weighted by molar-refractivity contribution is 7.98. The molecule has 4 rings (SSSR count). The molecule has 0 aromatic carbocycles. The molecule has 4 aromatic heterocycles. The molecule has 0 saturated carbocycles. The average Bonchev–Trinajstić information content (AvgIpc) is 3.35. The summed E-state index contributed by atoms with van der Waals surface area (Å²) in [7, 11) is 1.94. The van der Waals surface area contributed by atoms with Crippen molar-refractivity contribution in [2.75, 3.05) is 0 Å². The summed E-state index contributed by atoms with van der Waals surface area (Å²) < 4.78 is 7.23. The quantitative estimate of drug-likeness (QED) is 0.507. The highest BCUT2D eigenvalue weighted by Gasteiger charge is 2.14. The van der Waals surface area contributed by atoms with Crippen LogP contribution in [0, 0.1) is 0 Å². The molecule has 0 fully saturated rings. The maximum Gasteiger partial charge on any atom is 0.258 e. The largest absolute Gasteiger partial charge is 0.334 e. The number of aromatic nitrogens is 6. The molecular formula is C15H12N6OS2. The van der Waals surface area contributed by atoms with E-state index in [4.69, 9.17) is 4.52 Å². The molecule has 0 saturated heterocycles. The smallest absolute Gasteiger partial charge is 0.258 e. The van der Waals surface area contributed by atoms with E-state index < -0.39 is 0 Å². The Labute approximate surface area is 145 Å². The van der Waals surface area contributed by atoms with Crippen molar-refractivity contribution in [3.63, 3.8) is 0 Å². The number of thiophene rings is 1. The summed E-state index contributed by atoms with van der Waals surface area (Å²) in [4.78, 5) is 8.42. The van der Waals surface area contributed by atoms with Gasteiger partial charge in [-0.3, -0.25) is 4.98 Å². The minimum atomic E-state index is 0.544. The minimum Gasteiger partial charge on any atom is -0.334 e. The van der Waals surface area contributed by atoms with Gasteiger partial charge in [0, 0.05) is 30.4 Å². The van der Waals surface area contributed by atoms with Crippen LogP contribution >= 0.6 is 23.1 Å². The summed E-state index contributed by atoms with van der Waals surface area (Å²) in [6.45, 7) is 0. The third-order valence-corrected chi connectivity index (χ3v) is 5.04. The van der Waals surface area contributed by atoms with E-state index in [9.17, 15) is 0 Å². The molecule has 0 aliphatic heterocycles. The highest BCUT2D eigenvalue weighted by Crippen LogP contribution is 2.25. The SMILES string of the molecule is Cn1c(SCc2noc(-c3ccsc3)n2)nnc1-c1ccncc1. The van der Waals surface area contributed by atoms with Crippen molar-refractivity contribution in [1.29, 1.82) is 0 Å². The molecule has 4 heterocycles.